The van der Waals surface area contributed by atoms with Gasteiger partial charge in [-0.15, -0.1) is 4.00 Å². The molecule has 2 aromatic carbocycles. The molecule has 1 unspecified atom stereocenters. The number of hydrogen-bond donors (Lipinski definition) is 1. The highest BCUT2D eigenvalue weighted by Crippen LogP contribution is 2.48. The Hall–Kier alpha value is -3.12. The summed E-state index contributed by atoms with van der Waals surface area (Å²) in [6.45, 7) is 1.86. The molecule has 6 rings (SSSR count). The number of pyridine rings is 1. The van der Waals surface area contributed by atoms with E-state index in [4.69, 9.17) is 21.8 Å². The number of allylic oxidation sites excluding steroid dienone is 1. The number of amidine groups is 1. The van der Waals surface area contributed by atoms with Crippen LogP contribution in [0.4, 0.5) is 0 Å². The van der Waals surface area contributed by atoms with Gasteiger partial charge in [-0.1, -0.05) is 48.5 Å². The van der Waals surface area contributed by atoms with Crippen LogP contribution >= 0.6 is 11.8 Å². The summed E-state index contributed by atoms with van der Waals surface area (Å²) in [7, 11) is 0. The maximum Gasteiger partial charge on any atom is 0.235 e. The fourth-order valence-electron chi connectivity index (χ4n) is 4.86. The molecule has 6 heteroatoms. The lowest BCUT2D eigenvalue weighted by Crippen LogP contribution is -2.51. The first-order valence-corrected chi connectivity index (χ1v) is 11.1. The minimum absolute atomic E-state index is 0.00486. The number of nitrogens with zero attached hydrogens (tertiary/aromatic N) is 4. The molecule has 0 spiro atoms. The zero-order valence-corrected chi connectivity index (χ0v) is 18.4. The number of aliphatic hydroxyl groups is 1. The van der Waals surface area contributed by atoms with E-state index < -0.39 is 5.60 Å². The van der Waals surface area contributed by atoms with Crippen LogP contribution in [-0.4, -0.2) is 31.7 Å². The van der Waals surface area contributed by atoms with Crippen molar-refractivity contribution in [3.05, 3.63) is 84.3 Å². The second kappa shape index (κ2) is 6.94. The maximum absolute atomic E-state index is 10.3. The molecular formula is C26H22ClN4O+. The van der Waals surface area contributed by atoms with E-state index in [9.17, 15) is 5.11 Å². The van der Waals surface area contributed by atoms with E-state index in [0.29, 0.717) is 12.8 Å². The number of aliphatic imine (C=N–C) groups is 2. The highest BCUT2D eigenvalue weighted by molar-refractivity contribution is 6.20. The van der Waals surface area contributed by atoms with Gasteiger partial charge < -0.3 is 5.11 Å². The highest BCUT2D eigenvalue weighted by atomic mass is 35.5. The van der Waals surface area contributed by atoms with Crippen molar-refractivity contribution in [2.75, 3.05) is 0 Å². The summed E-state index contributed by atoms with van der Waals surface area (Å²) in [4.78, 5) is 14.2. The molecule has 1 aliphatic carbocycles. The van der Waals surface area contributed by atoms with Gasteiger partial charge in [0, 0.05) is 16.5 Å². The van der Waals surface area contributed by atoms with Gasteiger partial charge in [-0.3, -0.25) is 4.99 Å². The molecule has 1 N–H and O–H groups in total. The third kappa shape index (κ3) is 3.05. The zero-order valence-electron chi connectivity index (χ0n) is 17.6. The van der Waals surface area contributed by atoms with Crippen LogP contribution in [0.15, 0.2) is 88.7 Å². The molecule has 3 heterocycles. The molecular weight excluding hydrogens is 420 g/mol. The van der Waals surface area contributed by atoms with Gasteiger partial charge in [0.1, 0.15) is 11.9 Å². The Morgan fingerprint density at radius 2 is 1.81 bits per heavy atom. The predicted molar refractivity (Wildman–Crippen MR) is 129 cm³/mol. The third-order valence-corrected chi connectivity index (χ3v) is 6.95. The maximum atomic E-state index is 10.3. The predicted octanol–water partition coefficient (Wildman–Crippen LogP) is 5.67. The third-order valence-electron chi connectivity index (χ3n) is 6.48. The van der Waals surface area contributed by atoms with E-state index in [-0.39, 0.29) is 9.92 Å². The Labute approximate surface area is 191 Å². The van der Waals surface area contributed by atoms with Crippen LogP contribution in [0.5, 0.6) is 0 Å². The van der Waals surface area contributed by atoms with Gasteiger partial charge in [-0.05, 0) is 31.9 Å². The molecule has 1 fully saturated rings. The van der Waals surface area contributed by atoms with Gasteiger partial charge in [0.25, 0.3) is 0 Å². The van der Waals surface area contributed by atoms with Crippen molar-refractivity contribution in [3.8, 4) is 11.3 Å². The van der Waals surface area contributed by atoms with Crippen molar-refractivity contribution in [1.29, 1.82) is 0 Å². The van der Waals surface area contributed by atoms with Crippen LogP contribution in [-0.2, 0) is 0 Å². The highest BCUT2D eigenvalue weighted by Gasteiger charge is 2.54. The van der Waals surface area contributed by atoms with E-state index in [0.717, 1.165) is 45.0 Å². The Morgan fingerprint density at radius 1 is 1.03 bits per heavy atom. The summed E-state index contributed by atoms with van der Waals surface area (Å²) in [6.07, 6.45) is 6.66. The molecule has 0 saturated heterocycles. The standard InChI is InChI=1S/C26H22ClN4O/c1-26(32)14-20(15-26)25-30-24(23-16-28-11-12-31(23,25)27)19-8-7-18-9-10-21(29-22(18)13-19)17-5-3-2-4-6-17/h2-13,16,20,32H,14-15H2,1H3/q+1/t20-,26-,31?. The molecule has 3 aliphatic rings. The van der Waals surface area contributed by atoms with E-state index >= 15 is 0 Å². The van der Waals surface area contributed by atoms with Crippen LogP contribution in [0.1, 0.15) is 25.3 Å². The van der Waals surface area contributed by atoms with Crippen LogP contribution in [0.3, 0.4) is 0 Å². The largest absolute Gasteiger partial charge is 0.390 e. The number of quaternary nitrogens is 1. The number of rotatable bonds is 3. The van der Waals surface area contributed by atoms with E-state index in [1.807, 2.05) is 37.4 Å². The number of fused-ring (bicyclic) bond motifs is 2. The molecule has 32 heavy (non-hydrogen) atoms. The second-order valence-electron chi connectivity index (χ2n) is 8.99. The first-order valence-electron chi connectivity index (χ1n) is 10.8. The lowest BCUT2D eigenvalue weighted by molar-refractivity contribution is -0.605. The lowest BCUT2D eigenvalue weighted by Gasteiger charge is -2.41. The molecule has 1 atom stereocenters. The van der Waals surface area contributed by atoms with Crippen molar-refractivity contribution in [2.24, 2.45) is 15.9 Å². The summed E-state index contributed by atoms with van der Waals surface area (Å²) >= 11 is 7.08. The van der Waals surface area contributed by atoms with Crippen molar-refractivity contribution in [2.45, 2.75) is 25.4 Å². The number of hydrogen-bond acceptors (Lipinski definition) is 4. The van der Waals surface area contributed by atoms with Gasteiger partial charge in [-0.2, -0.15) is 4.99 Å². The van der Waals surface area contributed by atoms with Crippen molar-refractivity contribution in [3.63, 3.8) is 0 Å². The van der Waals surface area contributed by atoms with Gasteiger partial charge in [0.05, 0.1) is 35.1 Å². The second-order valence-corrected chi connectivity index (χ2v) is 9.52. The normalized spacial score (nSPS) is 28.6. The molecule has 1 saturated carbocycles. The average molecular weight is 442 g/mol. The number of aromatic nitrogens is 1. The molecule has 3 aromatic rings. The molecule has 1 aromatic heterocycles. The molecule has 2 aliphatic heterocycles. The molecule has 0 amide bonds. The Kier molecular flexibility index (Phi) is 4.24. The Bertz CT molecular complexity index is 1370. The first-order chi connectivity index (χ1) is 15.4. The summed E-state index contributed by atoms with van der Waals surface area (Å²) in [6, 6.07) is 20.5. The molecule has 158 valence electrons. The smallest absolute Gasteiger partial charge is 0.235 e. The fraction of sp³-hybridized carbons (Fsp3) is 0.192. The lowest BCUT2D eigenvalue weighted by atomic mass is 9.71. The monoisotopic (exact) mass is 441 g/mol. The number of halogens is 1. The van der Waals surface area contributed by atoms with Crippen molar-refractivity contribution >= 4 is 40.4 Å². The quantitative estimate of drug-likeness (QED) is 0.532. The zero-order chi connectivity index (χ0) is 21.9. The van der Waals surface area contributed by atoms with Crippen LogP contribution in [0.2, 0.25) is 0 Å². The summed E-state index contributed by atoms with van der Waals surface area (Å²) in [5.74, 6) is 0.978. The Balaban J connectivity index is 1.45. The SMILES string of the molecule is C[C@]1(O)C[C@H](C2=NC(c3ccc4ccc(-c5ccccc5)nc4c3)=C3C=NC=C[N+]32Cl)C1. The molecule has 5 nitrogen and oxygen atoms in total. The van der Waals surface area contributed by atoms with Crippen LogP contribution < -0.4 is 0 Å². The topological polar surface area (TPSA) is 57.8 Å². The molecule has 0 bridgehead atoms. The minimum atomic E-state index is -0.652. The van der Waals surface area contributed by atoms with Crippen LogP contribution in [0.25, 0.3) is 27.9 Å². The molecule has 0 radical (unpaired) electrons. The van der Waals surface area contributed by atoms with Crippen LogP contribution in [0, 0.1) is 5.92 Å². The van der Waals surface area contributed by atoms with Crippen molar-refractivity contribution in [1.82, 2.24) is 4.98 Å². The summed E-state index contributed by atoms with van der Waals surface area (Å²) in [5.41, 5.74) is 4.86. The average Bonchev–Trinajstić information content (AvgIpc) is 3.10. The minimum Gasteiger partial charge on any atom is -0.390 e. The summed E-state index contributed by atoms with van der Waals surface area (Å²) < 4.78 is -0.00486. The van der Waals surface area contributed by atoms with Gasteiger partial charge >= 0.3 is 0 Å². The fourth-order valence-corrected chi connectivity index (χ4v) is 5.21. The van der Waals surface area contributed by atoms with Gasteiger partial charge in [0.2, 0.25) is 11.5 Å². The summed E-state index contributed by atoms with van der Waals surface area (Å²) in [5, 5.41) is 11.3. The van der Waals surface area contributed by atoms with Gasteiger partial charge in [0.15, 0.2) is 11.8 Å². The Morgan fingerprint density at radius 3 is 2.59 bits per heavy atom. The number of benzene rings is 2. The van der Waals surface area contributed by atoms with E-state index in [1.165, 1.54) is 0 Å². The first kappa shape index (κ1) is 19.6. The van der Waals surface area contributed by atoms with Gasteiger partial charge in [-0.25, -0.2) is 4.98 Å². The van der Waals surface area contributed by atoms with E-state index in [2.05, 4.69) is 41.4 Å². The van der Waals surface area contributed by atoms with Crippen molar-refractivity contribution < 1.29 is 9.11 Å². The van der Waals surface area contributed by atoms with E-state index in [1.54, 1.807) is 12.4 Å².